The lowest BCUT2D eigenvalue weighted by molar-refractivity contribution is -0.255. The highest BCUT2D eigenvalue weighted by Crippen LogP contribution is 2.52. The van der Waals surface area contributed by atoms with E-state index in [0.717, 1.165) is 24.3 Å². The smallest absolute Gasteiger partial charge is 0.275 e. The Morgan fingerprint density at radius 3 is 2.15 bits per heavy atom. The summed E-state index contributed by atoms with van der Waals surface area (Å²) in [7, 11) is 0. The maximum Gasteiger partial charge on any atom is 0.275 e. The number of hydrogen-bond donors (Lipinski definition) is 6. The maximum atomic E-state index is 12.8. The summed E-state index contributed by atoms with van der Waals surface area (Å²) < 4.78 is 5.78. The number of fused-ring (bicyclic) bond motifs is 1. The van der Waals surface area contributed by atoms with Crippen LogP contribution in [0.2, 0.25) is 0 Å². The van der Waals surface area contributed by atoms with E-state index in [1.54, 1.807) is 13.8 Å². The Bertz CT molecular complexity index is 902. The van der Waals surface area contributed by atoms with Gasteiger partial charge < -0.3 is 35.4 Å². The van der Waals surface area contributed by atoms with Gasteiger partial charge in [0.2, 0.25) is 5.78 Å². The summed E-state index contributed by atoms with van der Waals surface area (Å²) >= 11 is 0. The Balaban J connectivity index is 2.34. The Labute approximate surface area is 148 Å². The van der Waals surface area contributed by atoms with Crippen LogP contribution in [0.5, 0.6) is 28.7 Å². The van der Waals surface area contributed by atoms with Gasteiger partial charge in [0.15, 0.2) is 17.1 Å². The van der Waals surface area contributed by atoms with Gasteiger partial charge in [-0.05, 0) is 12.1 Å². The minimum absolute atomic E-state index is 0.00892. The molecule has 8 nitrogen and oxygen atoms in total. The van der Waals surface area contributed by atoms with Crippen LogP contribution in [0.3, 0.4) is 0 Å². The second-order valence-corrected chi connectivity index (χ2v) is 6.54. The van der Waals surface area contributed by atoms with Gasteiger partial charge in [-0.25, -0.2) is 0 Å². The summed E-state index contributed by atoms with van der Waals surface area (Å²) in [5.41, 5.74) is -2.55. The van der Waals surface area contributed by atoms with Crippen LogP contribution in [0, 0.1) is 5.92 Å². The molecule has 6 N–H and O–H groups in total. The second-order valence-electron chi connectivity index (χ2n) is 6.54. The number of rotatable bonds is 2. The fourth-order valence-corrected chi connectivity index (χ4v) is 3.35. The van der Waals surface area contributed by atoms with Crippen molar-refractivity contribution >= 4 is 5.78 Å². The average molecular weight is 362 g/mol. The van der Waals surface area contributed by atoms with E-state index >= 15 is 0 Å². The Morgan fingerprint density at radius 1 is 0.923 bits per heavy atom. The summed E-state index contributed by atoms with van der Waals surface area (Å²) in [6, 6.07) is 5.40. The summed E-state index contributed by atoms with van der Waals surface area (Å²) in [5.74, 6) is -7.32. The Hall–Kier alpha value is -2.97. The third kappa shape index (κ3) is 2.19. The first-order valence-electron chi connectivity index (χ1n) is 7.79. The predicted octanol–water partition coefficient (Wildman–Crippen LogP) is 1.32. The molecule has 1 atom stereocenters. The van der Waals surface area contributed by atoms with Gasteiger partial charge in [0.05, 0.1) is 0 Å². The molecule has 26 heavy (non-hydrogen) atoms. The van der Waals surface area contributed by atoms with Crippen LogP contribution in [0.15, 0.2) is 30.3 Å². The molecule has 1 unspecified atom stereocenters. The largest absolute Gasteiger partial charge is 0.508 e. The molecule has 0 aliphatic carbocycles. The molecule has 1 heterocycles. The SMILES string of the molecule is CC(C)C1(c2ccc(O)c(O)c2)Oc2cc(O)cc(O)c2C(=O)C1(O)O. The highest BCUT2D eigenvalue weighted by atomic mass is 16.6. The number of phenolic OH excluding ortho intramolecular Hbond substituents is 4. The molecule has 2 aromatic rings. The second kappa shape index (κ2) is 5.52. The number of hydrogen-bond acceptors (Lipinski definition) is 8. The van der Waals surface area contributed by atoms with Gasteiger partial charge >= 0.3 is 0 Å². The number of phenols is 4. The van der Waals surface area contributed by atoms with Gasteiger partial charge in [0.25, 0.3) is 5.79 Å². The Morgan fingerprint density at radius 2 is 1.58 bits per heavy atom. The number of benzene rings is 2. The lowest BCUT2D eigenvalue weighted by atomic mass is 9.71. The molecule has 8 heteroatoms. The van der Waals surface area contributed by atoms with Gasteiger partial charge in [-0.3, -0.25) is 4.79 Å². The monoisotopic (exact) mass is 362 g/mol. The van der Waals surface area contributed by atoms with Crippen LogP contribution in [0.25, 0.3) is 0 Å². The minimum atomic E-state index is -3.11. The van der Waals surface area contributed by atoms with Gasteiger partial charge in [0, 0.05) is 23.6 Å². The first-order valence-corrected chi connectivity index (χ1v) is 7.79. The zero-order chi connectivity index (χ0) is 19.4. The van der Waals surface area contributed by atoms with E-state index in [2.05, 4.69) is 0 Å². The van der Waals surface area contributed by atoms with Gasteiger partial charge in [0.1, 0.15) is 22.8 Å². The van der Waals surface area contributed by atoms with Gasteiger partial charge in [-0.15, -0.1) is 0 Å². The fraction of sp³-hybridized carbons (Fsp3) is 0.278. The van der Waals surface area contributed by atoms with Gasteiger partial charge in [-0.1, -0.05) is 19.9 Å². The van der Waals surface area contributed by atoms with Crippen molar-refractivity contribution in [1.29, 1.82) is 0 Å². The van der Waals surface area contributed by atoms with Crippen molar-refractivity contribution in [1.82, 2.24) is 0 Å². The van der Waals surface area contributed by atoms with Crippen molar-refractivity contribution in [3.8, 4) is 28.7 Å². The molecule has 1 aliphatic rings. The molecular formula is C18H18O8. The topological polar surface area (TPSA) is 148 Å². The van der Waals surface area contributed by atoms with Crippen LogP contribution in [0.4, 0.5) is 0 Å². The third-order valence-corrected chi connectivity index (χ3v) is 4.62. The van der Waals surface area contributed by atoms with Crippen molar-refractivity contribution in [2.24, 2.45) is 5.92 Å². The lowest BCUT2D eigenvalue weighted by Crippen LogP contribution is -2.65. The summed E-state index contributed by atoms with van der Waals surface area (Å²) in [4.78, 5) is 12.8. The third-order valence-electron chi connectivity index (χ3n) is 4.62. The standard InChI is InChI=1S/C18H18O8/c1-8(2)17(9-3-4-11(20)12(21)5-9)18(24,25)16(23)15-13(22)6-10(19)7-14(15)26-17/h3-8,19-22,24-25H,1-2H3. The van der Waals surface area contributed by atoms with E-state index in [1.165, 1.54) is 6.07 Å². The number of aromatic hydroxyl groups is 4. The first-order chi connectivity index (χ1) is 12.0. The molecule has 1 aliphatic heterocycles. The van der Waals surface area contributed by atoms with Crippen LogP contribution >= 0.6 is 0 Å². The first kappa shape index (κ1) is 17.8. The summed E-state index contributed by atoms with van der Waals surface area (Å²) in [5, 5.41) is 60.5. The van der Waals surface area contributed by atoms with Crippen LogP contribution in [-0.4, -0.2) is 42.2 Å². The number of ether oxygens (including phenoxy) is 1. The number of ketones is 1. The number of aliphatic hydroxyl groups is 2. The molecule has 0 saturated heterocycles. The van der Waals surface area contributed by atoms with Crippen molar-refractivity contribution in [2.45, 2.75) is 25.2 Å². The van der Waals surface area contributed by atoms with E-state index in [0.29, 0.717) is 0 Å². The van der Waals surface area contributed by atoms with Crippen LogP contribution < -0.4 is 4.74 Å². The maximum absolute atomic E-state index is 12.8. The molecule has 0 spiro atoms. The van der Waals surface area contributed by atoms with Crippen molar-refractivity contribution in [3.63, 3.8) is 0 Å². The highest BCUT2D eigenvalue weighted by molar-refractivity contribution is 6.07. The molecule has 0 bridgehead atoms. The van der Waals surface area contributed by atoms with Crippen LogP contribution in [0.1, 0.15) is 29.8 Å². The zero-order valence-corrected chi connectivity index (χ0v) is 14.0. The van der Waals surface area contributed by atoms with E-state index in [4.69, 9.17) is 4.74 Å². The summed E-state index contributed by atoms with van der Waals surface area (Å²) in [6.07, 6.45) is 0. The van der Waals surface area contributed by atoms with Crippen molar-refractivity contribution < 1.29 is 40.2 Å². The number of carbonyl (C=O) groups excluding carboxylic acids is 1. The van der Waals surface area contributed by atoms with E-state index < -0.39 is 45.9 Å². The molecule has 0 amide bonds. The van der Waals surface area contributed by atoms with E-state index in [1.807, 2.05) is 0 Å². The zero-order valence-electron chi connectivity index (χ0n) is 14.0. The van der Waals surface area contributed by atoms with E-state index in [9.17, 15) is 35.4 Å². The summed E-state index contributed by atoms with van der Waals surface area (Å²) in [6.45, 7) is 3.12. The average Bonchev–Trinajstić information content (AvgIpc) is 2.52. The minimum Gasteiger partial charge on any atom is -0.508 e. The molecular weight excluding hydrogens is 344 g/mol. The predicted molar refractivity (Wildman–Crippen MR) is 88.2 cm³/mol. The van der Waals surface area contributed by atoms with Crippen LogP contribution in [-0.2, 0) is 5.60 Å². The van der Waals surface area contributed by atoms with Crippen molar-refractivity contribution in [3.05, 3.63) is 41.5 Å². The van der Waals surface area contributed by atoms with E-state index in [-0.39, 0.29) is 17.1 Å². The number of Topliss-reactive ketones (excluding diaryl/α,β-unsaturated/α-hetero) is 1. The highest BCUT2D eigenvalue weighted by Gasteiger charge is 2.64. The molecule has 3 rings (SSSR count). The molecule has 0 saturated carbocycles. The Kier molecular flexibility index (Phi) is 3.78. The molecule has 0 fully saturated rings. The normalized spacial score (nSPS) is 21.3. The molecule has 2 aromatic carbocycles. The number of carbonyl (C=O) groups is 1. The molecule has 0 aromatic heterocycles. The molecule has 138 valence electrons. The van der Waals surface area contributed by atoms with Gasteiger partial charge in [-0.2, -0.15) is 0 Å². The molecule has 0 radical (unpaired) electrons. The fourth-order valence-electron chi connectivity index (χ4n) is 3.35. The quantitative estimate of drug-likeness (QED) is 0.346. The lowest BCUT2D eigenvalue weighted by Gasteiger charge is -2.48. The van der Waals surface area contributed by atoms with Crippen molar-refractivity contribution in [2.75, 3.05) is 0 Å².